The molecule has 2 atom stereocenters. The van der Waals surface area contributed by atoms with E-state index in [-0.39, 0.29) is 11.9 Å². The standard InChI is InChI=1S/C16H20O2/c17-16(18-11-12-5-2-1-3-6-12)15-13-7-4-8-14(15)10-9-13/h1-3,5-6,13-15H,4,7-11H2. The van der Waals surface area contributed by atoms with Gasteiger partial charge in [-0.3, -0.25) is 4.79 Å². The van der Waals surface area contributed by atoms with Crippen LogP contribution in [0.4, 0.5) is 0 Å². The summed E-state index contributed by atoms with van der Waals surface area (Å²) in [7, 11) is 0. The van der Waals surface area contributed by atoms with Crippen LogP contribution in [0.15, 0.2) is 30.3 Å². The van der Waals surface area contributed by atoms with Gasteiger partial charge in [0.15, 0.2) is 0 Å². The van der Waals surface area contributed by atoms with Gasteiger partial charge in [-0.05, 0) is 43.1 Å². The van der Waals surface area contributed by atoms with Crippen LogP contribution in [0.25, 0.3) is 0 Å². The Labute approximate surface area is 108 Å². The van der Waals surface area contributed by atoms with Crippen LogP contribution in [-0.4, -0.2) is 5.97 Å². The first-order chi connectivity index (χ1) is 8.84. The normalized spacial score (nSPS) is 30.1. The summed E-state index contributed by atoms with van der Waals surface area (Å²) in [4.78, 5) is 12.2. The maximum Gasteiger partial charge on any atom is 0.309 e. The summed E-state index contributed by atoms with van der Waals surface area (Å²) in [6.45, 7) is 0.426. The summed E-state index contributed by atoms with van der Waals surface area (Å²) < 4.78 is 5.51. The molecule has 2 nitrogen and oxygen atoms in total. The number of rotatable bonds is 3. The van der Waals surface area contributed by atoms with Gasteiger partial charge in [-0.25, -0.2) is 0 Å². The van der Waals surface area contributed by atoms with E-state index >= 15 is 0 Å². The minimum absolute atomic E-state index is 0.0473. The third-order valence-electron chi connectivity index (χ3n) is 4.57. The smallest absolute Gasteiger partial charge is 0.309 e. The topological polar surface area (TPSA) is 26.3 Å². The average molecular weight is 244 g/mol. The molecule has 0 amide bonds. The first-order valence-electron chi connectivity index (χ1n) is 7.05. The van der Waals surface area contributed by atoms with E-state index in [0.717, 1.165) is 5.56 Å². The summed E-state index contributed by atoms with van der Waals surface area (Å²) in [5.74, 6) is 1.45. The minimum Gasteiger partial charge on any atom is -0.461 e. The molecule has 0 aromatic heterocycles. The largest absolute Gasteiger partial charge is 0.461 e. The van der Waals surface area contributed by atoms with Crippen molar-refractivity contribution in [2.45, 2.75) is 38.7 Å². The SMILES string of the molecule is O=C(OCc1ccccc1)C1C2CCCC1CC2. The van der Waals surface area contributed by atoms with Gasteiger partial charge >= 0.3 is 5.97 Å². The van der Waals surface area contributed by atoms with E-state index in [1.165, 1.54) is 32.1 Å². The Bertz CT molecular complexity index is 396. The molecule has 1 aromatic rings. The molecule has 2 unspecified atom stereocenters. The van der Waals surface area contributed by atoms with E-state index in [2.05, 4.69) is 0 Å². The van der Waals surface area contributed by atoms with Gasteiger partial charge in [-0.15, -0.1) is 0 Å². The van der Waals surface area contributed by atoms with Crippen molar-refractivity contribution in [1.29, 1.82) is 0 Å². The van der Waals surface area contributed by atoms with Gasteiger partial charge < -0.3 is 4.74 Å². The number of carbonyl (C=O) groups excluding carboxylic acids is 1. The lowest BCUT2D eigenvalue weighted by atomic mass is 9.79. The minimum atomic E-state index is 0.0473. The van der Waals surface area contributed by atoms with Gasteiger partial charge in [-0.2, -0.15) is 0 Å². The van der Waals surface area contributed by atoms with E-state index in [1.54, 1.807) is 0 Å². The number of hydrogen-bond acceptors (Lipinski definition) is 2. The lowest BCUT2D eigenvalue weighted by Crippen LogP contribution is -2.29. The number of hydrogen-bond donors (Lipinski definition) is 0. The highest BCUT2D eigenvalue weighted by atomic mass is 16.5. The Balaban J connectivity index is 1.59. The molecule has 2 aliphatic rings. The van der Waals surface area contributed by atoms with Crippen molar-refractivity contribution in [3.05, 3.63) is 35.9 Å². The monoisotopic (exact) mass is 244 g/mol. The van der Waals surface area contributed by atoms with Crippen molar-refractivity contribution in [3.63, 3.8) is 0 Å². The third-order valence-corrected chi connectivity index (χ3v) is 4.57. The van der Waals surface area contributed by atoms with Crippen LogP contribution in [0.2, 0.25) is 0 Å². The molecule has 0 aliphatic heterocycles. The number of fused-ring (bicyclic) bond motifs is 2. The van der Waals surface area contributed by atoms with Crippen molar-refractivity contribution < 1.29 is 9.53 Å². The lowest BCUT2D eigenvalue weighted by molar-refractivity contribution is -0.153. The predicted octanol–water partition coefficient (Wildman–Crippen LogP) is 3.56. The molecular weight excluding hydrogens is 224 g/mol. The summed E-state index contributed by atoms with van der Waals surface area (Å²) in [6.07, 6.45) is 6.21. The second-order valence-corrected chi connectivity index (χ2v) is 5.65. The van der Waals surface area contributed by atoms with Crippen LogP contribution in [-0.2, 0) is 16.1 Å². The van der Waals surface area contributed by atoms with Gasteiger partial charge in [-0.1, -0.05) is 36.8 Å². The molecular formula is C16H20O2. The van der Waals surface area contributed by atoms with Crippen LogP contribution in [0.3, 0.4) is 0 Å². The quantitative estimate of drug-likeness (QED) is 0.760. The van der Waals surface area contributed by atoms with Crippen LogP contribution in [0.5, 0.6) is 0 Å². The Morgan fingerprint density at radius 1 is 1.06 bits per heavy atom. The molecule has 0 radical (unpaired) electrons. The van der Waals surface area contributed by atoms with Gasteiger partial charge in [0.25, 0.3) is 0 Å². The molecule has 2 aliphatic carbocycles. The summed E-state index contributed by atoms with van der Waals surface area (Å²) in [5.41, 5.74) is 1.08. The van der Waals surface area contributed by atoms with Crippen molar-refractivity contribution in [2.24, 2.45) is 17.8 Å². The zero-order chi connectivity index (χ0) is 12.4. The van der Waals surface area contributed by atoms with E-state index in [9.17, 15) is 4.79 Å². The fourth-order valence-electron chi connectivity index (χ4n) is 3.67. The van der Waals surface area contributed by atoms with Gasteiger partial charge in [0, 0.05) is 0 Å². The number of carbonyl (C=O) groups is 1. The molecule has 0 spiro atoms. The van der Waals surface area contributed by atoms with Crippen LogP contribution in [0, 0.1) is 17.8 Å². The molecule has 2 saturated carbocycles. The van der Waals surface area contributed by atoms with Crippen LogP contribution >= 0.6 is 0 Å². The lowest BCUT2D eigenvalue weighted by Gasteiger charge is -2.28. The Kier molecular flexibility index (Phi) is 3.35. The average Bonchev–Trinajstić information content (AvgIpc) is 2.67. The zero-order valence-corrected chi connectivity index (χ0v) is 10.7. The molecule has 96 valence electrons. The van der Waals surface area contributed by atoms with E-state index in [1.807, 2.05) is 30.3 Å². The first-order valence-corrected chi connectivity index (χ1v) is 7.05. The Hall–Kier alpha value is -1.31. The summed E-state index contributed by atoms with van der Waals surface area (Å²) in [5, 5.41) is 0. The van der Waals surface area contributed by atoms with Crippen molar-refractivity contribution in [1.82, 2.24) is 0 Å². The molecule has 2 fully saturated rings. The van der Waals surface area contributed by atoms with Gasteiger partial charge in [0.05, 0.1) is 5.92 Å². The highest BCUT2D eigenvalue weighted by Gasteiger charge is 2.43. The van der Waals surface area contributed by atoms with Crippen LogP contribution in [0.1, 0.15) is 37.7 Å². The molecule has 2 heteroatoms. The van der Waals surface area contributed by atoms with E-state index in [4.69, 9.17) is 4.74 Å². The fraction of sp³-hybridized carbons (Fsp3) is 0.562. The van der Waals surface area contributed by atoms with Crippen LogP contribution < -0.4 is 0 Å². The number of ether oxygens (including phenoxy) is 1. The molecule has 0 N–H and O–H groups in total. The van der Waals surface area contributed by atoms with Gasteiger partial charge in [0.1, 0.15) is 6.61 Å². The molecule has 0 heterocycles. The second kappa shape index (κ2) is 5.13. The second-order valence-electron chi connectivity index (χ2n) is 5.65. The van der Waals surface area contributed by atoms with Crippen molar-refractivity contribution >= 4 is 5.97 Å². The fourth-order valence-corrected chi connectivity index (χ4v) is 3.67. The summed E-state index contributed by atoms with van der Waals surface area (Å²) >= 11 is 0. The Morgan fingerprint density at radius 2 is 1.72 bits per heavy atom. The first kappa shape index (κ1) is 11.8. The van der Waals surface area contributed by atoms with E-state index < -0.39 is 0 Å². The third kappa shape index (κ3) is 2.29. The maximum absolute atomic E-state index is 12.2. The zero-order valence-electron chi connectivity index (χ0n) is 10.7. The van der Waals surface area contributed by atoms with E-state index in [0.29, 0.717) is 18.4 Å². The molecule has 1 aromatic carbocycles. The number of esters is 1. The van der Waals surface area contributed by atoms with Crippen molar-refractivity contribution in [3.8, 4) is 0 Å². The predicted molar refractivity (Wildman–Crippen MR) is 69.8 cm³/mol. The molecule has 2 bridgehead atoms. The molecule has 0 saturated heterocycles. The summed E-state index contributed by atoms with van der Waals surface area (Å²) in [6, 6.07) is 9.94. The Morgan fingerprint density at radius 3 is 2.39 bits per heavy atom. The number of benzene rings is 1. The van der Waals surface area contributed by atoms with Crippen molar-refractivity contribution in [2.75, 3.05) is 0 Å². The highest BCUT2D eigenvalue weighted by Crippen LogP contribution is 2.47. The van der Waals surface area contributed by atoms with Gasteiger partial charge in [0.2, 0.25) is 0 Å². The maximum atomic E-state index is 12.2. The molecule has 18 heavy (non-hydrogen) atoms. The highest BCUT2D eigenvalue weighted by molar-refractivity contribution is 5.73. The molecule has 3 rings (SSSR count).